The fourth-order valence-corrected chi connectivity index (χ4v) is 2.81. The molecule has 0 saturated carbocycles. The third kappa shape index (κ3) is 2.19. The van der Waals surface area contributed by atoms with Crippen molar-refractivity contribution in [1.29, 1.82) is 0 Å². The smallest absolute Gasteiger partial charge is 0.262 e. The summed E-state index contributed by atoms with van der Waals surface area (Å²) in [5, 5.41) is 5.29. The number of pyridine rings is 1. The Bertz CT molecular complexity index is 1070. The zero-order chi connectivity index (χ0) is 16.0. The average Bonchev–Trinajstić information content (AvgIpc) is 3.04. The average molecular weight is 326 g/mol. The molecule has 1 atom stereocenters. The van der Waals surface area contributed by atoms with Crippen LogP contribution in [0, 0.1) is 0 Å². The molecule has 23 heavy (non-hydrogen) atoms. The maximum absolute atomic E-state index is 12.8. The van der Waals surface area contributed by atoms with Crippen LogP contribution in [0.15, 0.2) is 53.8 Å². The molecule has 0 unspecified atom stereocenters. The van der Waals surface area contributed by atoms with Gasteiger partial charge in [-0.1, -0.05) is 23.7 Å². The van der Waals surface area contributed by atoms with Crippen LogP contribution in [0.5, 0.6) is 0 Å². The lowest BCUT2D eigenvalue weighted by molar-refractivity contribution is 0.619. The summed E-state index contributed by atoms with van der Waals surface area (Å²) >= 11 is 5.92. The molecule has 0 saturated heterocycles. The van der Waals surface area contributed by atoms with Crippen LogP contribution in [0.4, 0.5) is 0 Å². The van der Waals surface area contributed by atoms with Crippen LogP contribution in [-0.2, 0) is 0 Å². The predicted molar refractivity (Wildman–Crippen MR) is 87.8 cm³/mol. The van der Waals surface area contributed by atoms with Gasteiger partial charge in [-0.3, -0.25) is 4.79 Å². The molecule has 0 aliphatic rings. The first-order chi connectivity index (χ1) is 11.1. The maximum Gasteiger partial charge on any atom is 0.262 e. The number of aromatic nitrogens is 5. The SMILES string of the molecule is C[C@H](c1ccc(Cl)cc1)n1ccc2c(cnc3ncnn32)c1=O. The van der Waals surface area contributed by atoms with Crippen LogP contribution >= 0.6 is 11.6 Å². The van der Waals surface area contributed by atoms with Crippen molar-refractivity contribution in [2.45, 2.75) is 13.0 Å². The molecule has 4 rings (SSSR count). The van der Waals surface area contributed by atoms with E-state index in [1.807, 2.05) is 37.3 Å². The molecule has 6 nitrogen and oxygen atoms in total. The highest BCUT2D eigenvalue weighted by Crippen LogP contribution is 2.20. The molecule has 114 valence electrons. The van der Waals surface area contributed by atoms with Gasteiger partial charge in [0.05, 0.1) is 16.9 Å². The van der Waals surface area contributed by atoms with Crippen molar-refractivity contribution in [3.63, 3.8) is 0 Å². The lowest BCUT2D eigenvalue weighted by Crippen LogP contribution is -2.24. The fourth-order valence-electron chi connectivity index (χ4n) is 2.69. The number of fused-ring (bicyclic) bond motifs is 3. The van der Waals surface area contributed by atoms with Gasteiger partial charge >= 0.3 is 0 Å². The van der Waals surface area contributed by atoms with E-state index < -0.39 is 0 Å². The Hall–Kier alpha value is -2.73. The van der Waals surface area contributed by atoms with E-state index in [-0.39, 0.29) is 11.6 Å². The third-order valence-corrected chi connectivity index (χ3v) is 4.22. The molecule has 0 aliphatic carbocycles. The number of hydrogen-bond donors (Lipinski definition) is 0. The molecule has 3 aromatic heterocycles. The van der Waals surface area contributed by atoms with Gasteiger partial charge in [0.25, 0.3) is 11.3 Å². The van der Waals surface area contributed by atoms with Crippen LogP contribution in [0.2, 0.25) is 5.02 Å². The first-order valence-corrected chi connectivity index (χ1v) is 7.48. The van der Waals surface area contributed by atoms with Gasteiger partial charge in [0, 0.05) is 17.4 Å². The molecule has 0 bridgehead atoms. The van der Waals surface area contributed by atoms with Crippen molar-refractivity contribution >= 4 is 28.3 Å². The standard InChI is InChI=1S/C16H12ClN5O/c1-10(11-2-4-12(17)5-3-11)21-7-6-14-13(15(21)23)8-18-16-19-9-20-22(14)16/h2-10H,1H3/t10-/m1/s1. The topological polar surface area (TPSA) is 65.1 Å². The minimum absolute atomic E-state index is 0.115. The summed E-state index contributed by atoms with van der Waals surface area (Å²) in [6.07, 6.45) is 4.74. The predicted octanol–water partition coefficient (Wildman–Crippen LogP) is 2.70. The molecule has 1 aromatic carbocycles. The Morgan fingerprint density at radius 3 is 2.70 bits per heavy atom. The summed E-state index contributed by atoms with van der Waals surface area (Å²) in [6, 6.07) is 9.22. The van der Waals surface area contributed by atoms with Crippen molar-refractivity contribution < 1.29 is 0 Å². The highest BCUT2D eigenvalue weighted by atomic mass is 35.5. The zero-order valence-electron chi connectivity index (χ0n) is 12.2. The van der Waals surface area contributed by atoms with Gasteiger partial charge < -0.3 is 4.57 Å². The molecule has 0 spiro atoms. The van der Waals surface area contributed by atoms with Crippen molar-refractivity contribution in [2.24, 2.45) is 0 Å². The number of nitrogens with zero attached hydrogens (tertiary/aromatic N) is 5. The lowest BCUT2D eigenvalue weighted by Gasteiger charge is -2.16. The normalized spacial score (nSPS) is 12.8. The third-order valence-electron chi connectivity index (χ3n) is 3.97. The van der Waals surface area contributed by atoms with Crippen LogP contribution in [-0.4, -0.2) is 24.1 Å². The molecular weight excluding hydrogens is 314 g/mol. The van der Waals surface area contributed by atoms with Crippen LogP contribution in [0.25, 0.3) is 16.7 Å². The van der Waals surface area contributed by atoms with Gasteiger partial charge in [0.1, 0.15) is 6.33 Å². The zero-order valence-corrected chi connectivity index (χ0v) is 13.0. The molecule has 7 heteroatoms. The molecule has 3 heterocycles. The van der Waals surface area contributed by atoms with Crippen LogP contribution < -0.4 is 5.56 Å². The summed E-state index contributed by atoms with van der Waals surface area (Å²) in [7, 11) is 0. The first-order valence-electron chi connectivity index (χ1n) is 7.10. The van der Waals surface area contributed by atoms with Crippen molar-refractivity contribution in [3.8, 4) is 0 Å². The number of halogens is 1. The van der Waals surface area contributed by atoms with E-state index in [9.17, 15) is 4.79 Å². The largest absolute Gasteiger partial charge is 0.308 e. The number of benzene rings is 1. The van der Waals surface area contributed by atoms with Gasteiger partial charge in [-0.05, 0) is 30.7 Å². The summed E-state index contributed by atoms with van der Waals surface area (Å²) in [6.45, 7) is 1.97. The molecule has 4 aromatic rings. The highest BCUT2D eigenvalue weighted by molar-refractivity contribution is 6.30. The van der Waals surface area contributed by atoms with Gasteiger partial charge in [0.2, 0.25) is 0 Å². The molecular formula is C16H12ClN5O. The lowest BCUT2D eigenvalue weighted by atomic mass is 10.1. The van der Waals surface area contributed by atoms with Crippen LogP contribution in [0.1, 0.15) is 18.5 Å². The van der Waals surface area contributed by atoms with E-state index in [4.69, 9.17) is 11.6 Å². The monoisotopic (exact) mass is 325 g/mol. The minimum Gasteiger partial charge on any atom is -0.308 e. The molecule has 0 amide bonds. The van der Waals surface area contributed by atoms with Gasteiger partial charge in [-0.15, -0.1) is 0 Å². The van der Waals surface area contributed by atoms with Crippen molar-refractivity contribution in [2.75, 3.05) is 0 Å². The first kappa shape index (κ1) is 13.9. The van der Waals surface area contributed by atoms with Gasteiger partial charge in [-0.25, -0.2) is 4.98 Å². The minimum atomic E-state index is -0.116. The van der Waals surface area contributed by atoms with Gasteiger partial charge in [0.15, 0.2) is 0 Å². The number of hydrogen-bond acceptors (Lipinski definition) is 4. The Morgan fingerprint density at radius 1 is 1.13 bits per heavy atom. The fraction of sp³-hybridized carbons (Fsp3) is 0.125. The van der Waals surface area contributed by atoms with Gasteiger partial charge in [-0.2, -0.15) is 14.6 Å². The maximum atomic E-state index is 12.8. The Balaban J connectivity index is 1.90. The van der Waals surface area contributed by atoms with E-state index in [1.54, 1.807) is 21.5 Å². The highest BCUT2D eigenvalue weighted by Gasteiger charge is 2.13. The Morgan fingerprint density at radius 2 is 1.91 bits per heavy atom. The molecule has 0 radical (unpaired) electrons. The summed E-state index contributed by atoms with van der Waals surface area (Å²) in [4.78, 5) is 21.0. The van der Waals surface area contributed by atoms with Crippen LogP contribution in [0.3, 0.4) is 0 Å². The van der Waals surface area contributed by atoms with E-state index in [0.29, 0.717) is 21.7 Å². The quantitative estimate of drug-likeness (QED) is 0.568. The molecule has 0 fully saturated rings. The second-order valence-corrected chi connectivity index (χ2v) is 5.72. The second kappa shape index (κ2) is 5.17. The van der Waals surface area contributed by atoms with Crippen molar-refractivity contribution in [3.05, 3.63) is 70.0 Å². The van der Waals surface area contributed by atoms with E-state index in [2.05, 4.69) is 15.1 Å². The second-order valence-electron chi connectivity index (χ2n) is 5.28. The summed E-state index contributed by atoms with van der Waals surface area (Å²) in [5.41, 5.74) is 1.58. The number of rotatable bonds is 2. The Kier molecular flexibility index (Phi) is 3.12. The van der Waals surface area contributed by atoms with Crippen molar-refractivity contribution in [1.82, 2.24) is 24.1 Å². The van der Waals surface area contributed by atoms with E-state index in [1.165, 1.54) is 6.33 Å². The van der Waals surface area contributed by atoms with E-state index >= 15 is 0 Å². The summed E-state index contributed by atoms with van der Waals surface area (Å²) < 4.78 is 3.24. The summed E-state index contributed by atoms with van der Waals surface area (Å²) in [5.74, 6) is 0.473. The van der Waals surface area contributed by atoms with E-state index in [0.717, 1.165) is 5.56 Å². The molecule has 0 aliphatic heterocycles. The molecule has 0 N–H and O–H groups in total. The Labute approximate surface area is 136 Å².